The van der Waals surface area contributed by atoms with Gasteiger partial charge in [-0.15, -0.1) is 0 Å². The smallest absolute Gasteiger partial charge is 0.254 e. The highest BCUT2D eigenvalue weighted by Gasteiger charge is 2.53. The van der Waals surface area contributed by atoms with Crippen molar-refractivity contribution in [3.05, 3.63) is 71.8 Å². The number of carbonyl (C=O) groups is 3. The molecule has 196 valence electrons. The summed E-state index contributed by atoms with van der Waals surface area (Å²) in [6.07, 6.45) is 1.02. The third-order valence-electron chi connectivity index (χ3n) is 7.02. The molecular formula is C29H36N4O4. The van der Waals surface area contributed by atoms with E-state index in [-0.39, 0.29) is 30.9 Å². The minimum Gasteiger partial charge on any atom is -0.374 e. The Labute approximate surface area is 218 Å². The van der Waals surface area contributed by atoms with E-state index < -0.39 is 16.9 Å². The molecule has 1 saturated heterocycles. The third kappa shape index (κ3) is 5.91. The van der Waals surface area contributed by atoms with Crippen LogP contribution in [0.25, 0.3) is 0 Å². The second-order valence-electron chi connectivity index (χ2n) is 10.9. The average Bonchev–Trinajstić information content (AvgIpc) is 3.12. The van der Waals surface area contributed by atoms with E-state index in [1.807, 2.05) is 81.4 Å². The summed E-state index contributed by atoms with van der Waals surface area (Å²) in [6, 6.07) is 18.7. The highest BCUT2D eigenvalue weighted by Crippen LogP contribution is 2.39. The van der Waals surface area contributed by atoms with Crippen molar-refractivity contribution >= 4 is 23.4 Å². The van der Waals surface area contributed by atoms with Crippen molar-refractivity contribution in [2.75, 3.05) is 26.7 Å². The van der Waals surface area contributed by atoms with Gasteiger partial charge < -0.3 is 15.0 Å². The monoisotopic (exact) mass is 504 g/mol. The second-order valence-corrected chi connectivity index (χ2v) is 10.9. The summed E-state index contributed by atoms with van der Waals surface area (Å²) in [5.74, 6) is -0.497. The molecular weight excluding hydrogens is 468 g/mol. The molecule has 2 aliphatic rings. The summed E-state index contributed by atoms with van der Waals surface area (Å²) in [7, 11) is 1.66. The van der Waals surface area contributed by atoms with Gasteiger partial charge in [0.15, 0.2) is 0 Å². The number of piperidine rings is 1. The van der Waals surface area contributed by atoms with Crippen molar-refractivity contribution in [3.63, 3.8) is 0 Å². The summed E-state index contributed by atoms with van der Waals surface area (Å²) in [4.78, 5) is 41.4. The SMILES string of the molecule is CN1N=C2CN(C(=O)[C@@H](COCc3ccccc3)NC(=O)C(C)(C)C)CCC2(Cc2ccccc2)C1=O. The van der Waals surface area contributed by atoms with Gasteiger partial charge in [-0.1, -0.05) is 81.4 Å². The summed E-state index contributed by atoms with van der Waals surface area (Å²) in [5, 5.41) is 8.83. The Morgan fingerprint density at radius 2 is 1.68 bits per heavy atom. The van der Waals surface area contributed by atoms with Gasteiger partial charge in [0.25, 0.3) is 5.91 Å². The number of ether oxygens (including phenoxy) is 1. The molecule has 37 heavy (non-hydrogen) atoms. The largest absolute Gasteiger partial charge is 0.374 e. The quantitative estimate of drug-likeness (QED) is 0.598. The van der Waals surface area contributed by atoms with Crippen molar-refractivity contribution in [1.82, 2.24) is 15.2 Å². The van der Waals surface area contributed by atoms with Crippen LogP contribution in [0.3, 0.4) is 0 Å². The predicted molar refractivity (Wildman–Crippen MR) is 141 cm³/mol. The predicted octanol–water partition coefficient (Wildman–Crippen LogP) is 3.02. The molecule has 0 spiro atoms. The number of nitrogens with zero attached hydrogens (tertiary/aromatic N) is 3. The zero-order chi connectivity index (χ0) is 26.6. The van der Waals surface area contributed by atoms with Gasteiger partial charge in [-0.05, 0) is 24.0 Å². The van der Waals surface area contributed by atoms with Gasteiger partial charge >= 0.3 is 0 Å². The number of likely N-dealkylation sites (tertiary alicyclic amines) is 1. The maximum absolute atomic E-state index is 13.7. The molecule has 0 bridgehead atoms. The molecule has 0 radical (unpaired) electrons. The van der Waals surface area contributed by atoms with E-state index >= 15 is 0 Å². The molecule has 1 unspecified atom stereocenters. The normalized spacial score (nSPS) is 20.3. The topological polar surface area (TPSA) is 91.3 Å². The van der Waals surface area contributed by atoms with Crippen LogP contribution in [0.5, 0.6) is 0 Å². The van der Waals surface area contributed by atoms with Crippen LogP contribution in [0.2, 0.25) is 0 Å². The molecule has 0 saturated carbocycles. The Balaban J connectivity index is 1.49. The lowest BCUT2D eigenvalue weighted by atomic mass is 9.72. The zero-order valence-corrected chi connectivity index (χ0v) is 22.1. The van der Waals surface area contributed by atoms with Crippen LogP contribution in [-0.4, -0.2) is 66.1 Å². The first kappa shape index (κ1) is 26.5. The summed E-state index contributed by atoms with van der Waals surface area (Å²) >= 11 is 0. The number of rotatable bonds is 8. The first-order valence-corrected chi connectivity index (χ1v) is 12.7. The fourth-order valence-electron chi connectivity index (χ4n) is 4.81. The molecule has 0 aromatic heterocycles. The van der Waals surface area contributed by atoms with Gasteiger partial charge in [0.1, 0.15) is 6.04 Å². The van der Waals surface area contributed by atoms with Gasteiger partial charge in [-0.3, -0.25) is 14.4 Å². The van der Waals surface area contributed by atoms with Crippen LogP contribution in [-0.2, 0) is 32.1 Å². The van der Waals surface area contributed by atoms with Crippen LogP contribution < -0.4 is 5.32 Å². The number of fused-ring (bicyclic) bond motifs is 1. The molecule has 2 aliphatic heterocycles. The number of benzene rings is 2. The lowest BCUT2D eigenvalue weighted by Crippen LogP contribution is -2.58. The van der Waals surface area contributed by atoms with Crippen LogP contribution >= 0.6 is 0 Å². The maximum atomic E-state index is 13.7. The van der Waals surface area contributed by atoms with Crippen LogP contribution in [0.15, 0.2) is 65.8 Å². The maximum Gasteiger partial charge on any atom is 0.254 e. The van der Waals surface area contributed by atoms with Crippen molar-refractivity contribution in [2.24, 2.45) is 15.9 Å². The van der Waals surface area contributed by atoms with E-state index in [9.17, 15) is 14.4 Å². The lowest BCUT2D eigenvalue weighted by Gasteiger charge is -2.39. The molecule has 4 rings (SSSR count). The van der Waals surface area contributed by atoms with Crippen molar-refractivity contribution < 1.29 is 19.1 Å². The van der Waals surface area contributed by atoms with Gasteiger partial charge in [0.2, 0.25) is 11.8 Å². The molecule has 2 aromatic rings. The first-order valence-electron chi connectivity index (χ1n) is 12.7. The second kappa shape index (κ2) is 10.8. The number of hydrogen-bond acceptors (Lipinski definition) is 5. The van der Waals surface area contributed by atoms with Crippen LogP contribution in [0.1, 0.15) is 38.3 Å². The number of amides is 3. The molecule has 1 fully saturated rings. The molecule has 2 heterocycles. The fourth-order valence-corrected chi connectivity index (χ4v) is 4.81. The molecule has 0 aliphatic carbocycles. The van der Waals surface area contributed by atoms with E-state index in [2.05, 4.69) is 10.4 Å². The summed E-state index contributed by atoms with van der Waals surface area (Å²) < 4.78 is 5.87. The van der Waals surface area contributed by atoms with Gasteiger partial charge in [-0.25, -0.2) is 5.01 Å². The Bertz CT molecular complexity index is 1160. The van der Waals surface area contributed by atoms with E-state index in [1.54, 1.807) is 11.9 Å². The molecule has 2 aromatic carbocycles. The van der Waals surface area contributed by atoms with Gasteiger partial charge in [-0.2, -0.15) is 5.10 Å². The fraction of sp³-hybridized carbons (Fsp3) is 0.448. The average molecular weight is 505 g/mol. The number of hydrazone groups is 1. The Morgan fingerprint density at radius 3 is 2.30 bits per heavy atom. The summed E-state index contributed by atoms with van der Waals surface area (Å²) in [6.45, 7) is 6.44. The minimum atomic E-state index is -0.840. The third-order valence-corrected chi connectivity index (χ3v) is 7.02. The molecule has 8 heteroatoms. The molecule has 3 amide bonds. The first-order chi connectivity index (χ1) is 17.6. The van der Waals surface area contributed by atoms with Gasteiger partial charge in [0.05, 0.1) is 30.9 Å². The molecule has 8 nitrogen and oxygen atoms in total. The van der Waals surface area contributed by atoms with E-state index in [1.165, 1.54) is 5.01 Å². The molecule has 2 atom stereocenters. The van der Waals surface area contributed by atoms with Crippen LogP contribution in [0, 0.1) is 10.8 Å². The number of hydrogen-bond donors (Lipinski definition) is 1. The van der Waals surface area contributed by atoms with Crippen molar-refractivity contribution in [3.8, 4) is 0 Å². The summed E-state index contributed by atoms with van der Waals surface area (Å²) in [5.41, 5.74) is 1.33. The Morgan fingerprint density at radius 1 is 1.05 bits per heavy atom. The van der Waals surface area contributed by atoms with E-state index in [0.717, 1.165) is 11.1 Å². The van der Waals surface area contributed by atoms with E-state index in [4.69, 9.17) is 4.74 Å². The van der Waals surface area contributed by atoms with Crippen LogP contribution in [0.4, 0.5) is 0 Å². The Kier molecular flexibility index (Phi) is 7.78. The number of nitrogens with one attached hydrogen (secondary N) is 1. The van der Waals surface area contributed by atoms with Gasteiger partial charge in [0, 0.05) is 19.0 Å². The molecule has 1 N–H and O–H groups in total. The van der Waals surface area contributed by atoms with Crippen molar-refractivity contribution in [2.45, 2.75) is 46.3 Å². The van der Waals surface area contributed by atoms with Crippen molar-refractivity contribution in [1.29, 1.82) is 0 Å². The minimum absolute atomic E-state index is 0.0396. The Hall–Kier alpha value is -3.52. The number of carbonyl (C=O) groups excluding carboxylic acids is 3. The van der Waals surface area contributed by atoms with E-state index in [0.29, 0.717) is 31.7 Å². The lowest BCUT2D eigenvalue weighted by molar-refractivity contribution is -0.142. The zero-order valence-electron chi connectivity index (χ0n) is 22.1. The highest BCUT2D eigenvalue weighted by molar-refractivity contribution is 6.14. The standard InChI is InChI=1S/C29H36N4O4/c1-28(2,3)26(35)30-23(20-37-19-22-13-9-6-10-14-22)25(34)33-16-15-29(17-21-11-7-5-8-12-21)24(18-33)31-32(4)27(29)36/h5-14,23H,15-20H2,1-4H3,(H,30,35)/t23-,29?/m1/s1. The highest BCUT2D eigenvalue weighted by atomic mass is 16.5.